The number of amides is 1. The van der Waals surface area contributed by atoms with Gasteiger partial charge in [-0.2, -0.15) is 0 Å². The summed E-state index contributed by atoms with van der Waals surface area (Å²) in [7, 11) is 3.41. The predicted octanol–water partition coefficient (Wildman–Crippen LogP) is 0.360. The van der Waals surface area contributed by atoms with E-state index in [-0.39, 0.29) is 12.5 Å². The molecule has 0 saturated carbocycles. The molecular formula is C11H17N3O3. The molecule has 1 aromatic rings. The number of nitrogens with one attached hydrogen (secondary N) is 2. The summed E-state index contributed by atoms with van der Waals surface area (Å²) in [6, 6.07) is 1.59. The van der Waals surface area contributed by atoms with Crippen molar-refractivity contribution in [1.29, 1.82) is 0 Å². The average molecular weight is 239 g/mol. The number of hydrogen-bond donors (Lipinski definition) is 2. The van der Waals surface area contributed by atoms with E-state index in [1.165, 1.54) is 0 Å². The summed E-state index contributed by atoms with van der Waals surface area (Å²) in [4.78, 5) is 22.9. The van der Waals surface area contributed by atoms with Crippen molar-refractivity contribution >= 4 is 17.6 Å². The van der Waals surface area contributed by atoms with E-state index in [9.17, 15) is 9.59 Å². The van der Waals surface area contributed by atoms with Crippen molar-refractivity contribution < 1.29 is 14.3 Å². The Morgan fingerprint density at radius 3 is 2.76 bits per heavy atom. The van der Waals surface area contributed by atoms with Gasteiger partial charge in [0.1, 0.15) is 5.69 Å². The van der Waals surface area contributed by atoms with Crippen LogP contribution >= 0.6 is 0 Å². The smallest absolute Gasteiger partial charge is 0.355 e. The molecule has 6 nitrogen and oxygen atoms in total. The van der Waals surface area contributed by atoms with E-state index in [2.05, 4.69) is 10.6 Å². The van der Waals surface area contributed by atoms with Crippen molar-refractivity contribution in [1.82, 2.24) is 9.88 Å². The Balaban J connectivity index is 2.74. The van der Waals surface area contributed by atoms with Crippen LogP contribution in [0.4, 0.5) is 5.69 Å². The Labute approximate surface area is 99.9 Å². The Bertz CT molecular complexity index is 412. The minimum atomic E-state index is -0.399. The van der Waals surface area contributed by atoms with Gasteiger partial charge in [0, 0.05) is 13.2 Å². The van der Waals surface area contributed by atoms with Crippen LogP contribution in [0.25, 0.3) is 0 Å². The second-order valence-electron chi connectivity index (χ2n) is 3.52. The van der Waals surface area contributed by atoms with Crippen LogP contribution in [0.15, 0.2) is 12.3 Å². The Morgan fingerprint density at radius 1 is 1.47 bits per heavy atom. The zero-order valence-corrected chi connectivity index (χ0v) is 10.2. The number of hydrogen-bond acceptors (Lipinski definition) is 4. The molecule has 6 heteroatoms. The second-order valence-corrected chi connectivity index (χ2v) is 3.52. The molecule has 1 amide bonds. The third kappa shape index (κ3) is 3.60. The molecule has 94 valence electrons. The molecule has 2 N–H and O–H groups in total. The first-order chi connectivity index (χ1) is 8.08. The molecule has 0 bridgehead atoms. The van der Waals surface area contributed by atoms with Gasteiger partial charge in [0.15, 0.2) is 0 Å². The molecule has 0 unspecified atom stereocenters. The van der Waals surface area contributed by atoms with Crippen molar-refractivity contribution in [2.24, 2.45) is 7.05 Å². The third-order valence-corrected chi connectivity index (χ3v) is 2.11. The van der Waals surface area contributed by atoms with Gasteiger partial charge in [-0.05, 0) is 20.0 Å². The fourth-order valence-electron chi connectivity index (χ4n) is 1.41. The van der Waals surface area contributed by atoms with Gasteiger partial charge in [0.25, 0.3) is 0 Å². The first kappa shape index (κ1) is 13.2. The van der Waals surface area contributed by atoms with E-state index in [1.54, 1.807) is 37.8 Å². The first-order valence-corrected chi connectivity index (χ1v) is 5.36. The highest BCUT2D eigenvalue weighted by Crippen LogP contribution is 2.13. The van der Waals surface area contributed by atoms with E-state index in [4.69, 9.17) is 4.74 Å². The molecule has 1 rings (SSSR count). The third-order valence-electron chi connectivity index (χ3n) is 2.11. The maximum absolute atomic E-state index is 11.5. The summed E-state index contributed by atoms with van der Waals surface area (Å²) >= 11 is 0. The molecule has 0 aliphatic rings. The lowest BCUT2D eigenvalue weighted by molar-refractivity contribution is -0.115. The van der Waals surface area contributed by atoms with Gasteiger partial charge in [-0.3, -0.25) is 4.79 Å². The SMILES string of the molecule is CCOC(=O)c1cc(NC(=O)CNC)cn1C. The summed E-state index contributed by atoms with van der Waals surface area (Å²) in [6.07, 6.45) is 1.67. The molecule has 0 aliphatic carbocycles. The molecule has 0 saturated heterocycles. The number of nitrogens with zero attached hydrogens (tertiary/aromatic N) is 1. The summed E-state index contributed by atoms with van der Waals surface area (Å²) in [6.45, 7) is 2.30. The summed E-state index contributed by atoms with van der Waals surface area (Å²) in [5.41, 5.74) is 0.988. The number of carbonyl (C=O) groups is 2. The van der Waals surface area contributed by atoms with Gasteiger partial charge in [0.05, 0.1) is 18.8 Å². The standard InChI is InChI=1S/C11H17N3O3/c1-4-17-11(16)9-5-8(7-14(9)3)13-10(15)6-12-2/h5,7,12H,4,6H2,1-3H3,(H,13,15). The van der Waals surface area contributed by atoms with Gasteiger partial charge in [-0.15, -0.1) is 0 Å². The molecule has 0 aromatic carbocycles. The monoisotopic (exact) mass is 239 g/mol. The van der Waals surface area contributed by atoms with E-state index in [0.717, 1.165) is 0 Å². The molecule has 0 fully saturated rings. The molecule has 0 aliphatic heterocycles. The fraction of sp³-hybridized carbons (Fsp3) is 0.455. The van der Waals surface area contributed by atoms with Crippen LogP contribution in [-0.4, -0.2) is 36.6 Å². The Morgan fingerprint density at radius 2 is 2.18 bits per heavy atom. The predicted molar refractivity (Wildman–Crippen MR) is 63.9 cm³/mol. The Hall–Kier alpha value is -1.82. The highest BCUT2D eigenvalue weighted by atomic mass is 16.5. The van der Waals surface area contributed by atoms with Crippen LogP contribution in [-0.2, 0) is 16.6 Å². The van der Waals surface area contributed by atoms with Crippen molar-refractivity contribution in [3.63, 3.8) is 0 Å². The normalized spacial score (nSPS) is 10.1. The number of aromatic nitrogens is 1. The molecule has 1 heterocycles. The fourth-order valence-corrected chi connectivity index (χ4v) is 1.41. The lowest BCUT2D eigenvalue weighted by Crippen LogP contribution is -2.24. The number of esters is 1. The minimum absolute atomic E-state index is 0.159. The van der Waals surface area contributed by atoms with E-state index in [1.807, 2.05) is 0 Å². The van der Waals surface area contributed by atoms with Gasteiger partial charge >= 0.3 is 5.97 Å². The maximum atomic E-state index is 11.5. The van der Waals surface area contributed by atoms with Crippen molar-refractivity contribution in [2.45, 2.75) is 6.92 Å². The van der Waals surface area contributed by atoms with Crippen LogP contribution in [0.2, 0.25) is 0 Å². The van der Waals surface area contributed by atoms with Gasteiger partial charge in [0.2, 0.25) is 5.91 Å². The number of ether oxygens (including phenoxy) is 1. The van der Waals surface area contributed by atoms with Crippen LogP contribution in [0.3, 0.4) is 0 Å². The van der Waals surface area contributed by atoms with Crippen LogP contribution in [0, 0.1) is 0 Å². The average Bonchev–Trinajstić information content (AvgIpc) is 2.60. The number of anilines is 1. The zero-order chi connectivity index (χ0) is 12.8. The van der Waals surface area contributed by atoms with Gasteiger partial charge in [-0.25, -0.2) is 4.79 Å². The number of carbonyl (C=O) groups excluding carboxylic acids is 2. The topological polar surface area (TPSA) is 72.4 Å². The second kappa shape index (κ2) is 6.05. The first-order valence-electron chi connectivity index (χ1n) is 5.36. The maximum Gasteiger partial charge on any atom is 0.355 e. The van der Waals surface area contributed by atoms with Crippen LogP contribution in [0.1, 0.15) is 17.4 Å². The molecule has 17 heavy (non-hydrogen) atoms. The summed E-state index contributed by atoms with van der Waals surface area (Å²) in [5, 5.41) is 5.41. The summed E-state index contributed by atoms with van der Waals surface area (Å²) < 4.78 is 6.51. The number of rotatable bonds is 5. The van der Waals surface area contributed by atoms with E-state index >= 15 is 0 Å². The molecular weight excluding hydrogens is 222 g/mol. The molecule has 0 atom stereocenters. The number of likely N-dealkylation sites (N-methyl/N-ethyl adjacent to an activating group) is 1. The minimum Gasteiger partial charge on any atom is -0.461 e. The van der Waals surface area contributed by atoms with Crippen molar-refractivity contribution in [3.8, 4) is 0 Å². The van der Waals surface area contributed by atoms with E-state index in [0.29, 0.717) is 18.0 Å². The van der Waals surface area contributed by atoms with Crippen molar-refractivity contribution in [3.05, 3.63) is 18.0 Å². The zero-order valence-electron chi connectivity index (χ0n) is 10.2. The highest BCUT2D eigenvalue weighted by molar-refractivity contribution is 5.95. The Kier molecular flexibility index (Phi) is 4.71. The highest BCUT2D eigenvalue weighted by Gasteiger charge is 2.13. The van der Waals surface area contributed by atoms with Crippen LogP contribution < -0.4 is 10.6 Å². The number of aryl methyl sites for hydroxylation is 1. The van der Waals surface area contributed by atoms with Crippen molar-refractivity contribution in [2.75, 3.05) is 25.5 Å². The lowest BCUT2D eigenvalue weighted by atomic mass is 10.4. The molecule has 0 radical (unpaired) electrons. The quantitative estimate of drug-likeness (QED) is 0.728. The largest absolute Gasteiger partial charge is 0.461 e. The van der Waals surface area contributed by atoms with E-state index < -0.39 is 5.97 Å². The lowest BCUT2D eigenvalue weighted by Gasteiger charge is -2.01. The molecule has 0 spiro atoms. The van der Waals surface area contributed by atoms with Crippen LogP contribution in [0.5, 0.6) is 0 Å². The van der Waals surface area contributed by atoms with Gasteiger partial charge < -0.3 is 19.9 Å². The van der Waals surface area contributed by atoms with Gasteiger partial charge in [-0.1, -0.05) is 0 Å². The summed E-state index contributed by atoms with van der Waals surface area (Å²) in [5.74, 6) is -0.558. The molecule has 1 aromatic heterocycles.